The fraction of sp³-hybridized carbons (Fsp3) is 0.125. The first-order chi connectivity index (χ1) is 11.8. The van der Waals surface area contributed by atoms with Gasteiger partial charge in [0.15, 0.2) is 4.77 Å². The van der Waals surface area contributed by atoms with Crippen molar-refractivity contribution in [3.63, 3.8) is 0 Å². The SMILES string of the molecule is NS(=O)(=O)c1ccc(CCn2c(=S)[nH]c3c(Cl)cccc3c2=O)cc1. The summed E-state index contributed by atoms with van der Waals surface area (Å²) in [6.07, 6.45) is 0.508. The number of H-pyrrole nitrogens is 1. The summed E-state index contributed by atoms with van der Waals surface area (Å²) in [7, 11) is -3.72. The van der Waals surface area contributed by atoms with Crippen LogP contribution in [0.2, 0.25) is 5.02 Å². The lowest BCUT2D eigenvalue weighted by atomic mass is 10.1. The molecule has 0 spiro atoms. The zero-order valence-corrected chi connectivity index (χ0v) is 15.3. The molecule has 9 heteroatoms. The Morgan fingerprint density at radius 1 is 1.16 bits per heavy atom. The number of primary sulfonamides is 1. The first-order valence-electron chi connectivity index (χ1n) is 7.30. The average Bonchev–Trinajstić information content (AvgIpc) is 2.55. The van der Waals surface area contributed by atoms with E-state index in [0.29, 0.717) is 28.9 Å². The Balaban J connectivity index is 1.91. The van der Waals surface area contributed by atoms with Crippen LogP contribution in [0.5, 0.6) is 0 Å². The molecular weight excluding hydrogens is 382 g/mol. The summed E-state index contributed by atoms with van der Waals surface area (Å²) in [5.74, 6) is 0. The second-order valence-corrected chi connectivity index (χ2v) is 7.84. The summed E-state index contributed by atoms with van der Waals surface area (Å²) in [5, 5.41) is 5.97. The van der Waals surface area contributed by atoms with Crippen LogP contribution in [-0.4, -0.2) is 18.0 Å². The van der Waals surface area contributed by atoms with E-state index in [1.165, 1.54) is 16.7 Å². The van der Waals surface area contributed by atoms with E-state index in [2.05, 4.69) is 4.98 Å². The summed E-state index contributed by atoms with van der Waals surface area (Å²) in [6, 6.07) is 11.3. The molecule has 0 amide bonds. The lowest BCUT2D eigenvalue weighted by Crippen LogP contribution is -2.23. The number of hydrogen-bond donors (Lipinski definition) is 2. The quantitative estimate of drug-likeness (QED) is 0.663. The minimum Gasteiger partial charge on any atom is -0.330 e. The second kappa shape index (κ2) is 6.72. The molecule has 6 nitrogen and oxygen atoms in total. The van der Waals surface area contributed by atoms with Gasteiger partial charge in [0.1, 0.15) is 0 Å². The molecule has 1 aromatic heterocycles. The molecule has 0 saturated heterocycles. The van der Waals surface area contributed by atoms with Crippen molar-refractivity contribution in [2.45, 2.75) is 17.9 Å². The van der Waals surface area contributed by atoms with Crippen molar-refractivity contribution < 1.29 is 8.42 Å². The van der Waals surface area contributed by atoms with Gasteiger partial charge in [0.05, 0.1) is 20.8 Å². The van der Waals surface area contributed by atoms with Crippen LogP contribution in [-0.2, 0) is 23.0 Å². The maximum absolute atomic E-state index is 12.6. The predicted octanol–water partition coefficient (Wildman–Crippen LogP) is 2.60. The van der Waals surface area contributed by atoms with Crippen molar-refractivity contribution in [1.29, 1.82) is 0 Å². The van der Waals surface area contributed by atoms with Crippen LogP contribution in [0.3, 0.4) is 0 Å². The number of halogens is 1. The standard InChI is InChI=1S/C16H14ClN3O3S2/c17-13-3-1-2-12-14(13)19-16(24)20(15(12)21)9-8-10-4-6-11(7-5-10)25(18,22)23/h1-7H,8-9H2,(H,19,24)(H2,18,22,23). The minimum absolute atomic E-state index is 0.0473. The van der Waals surface area contributed by atoms with Gasteiger partial charge >= 0.3 is 0 Å². The minimum atomic E-state index is -3.72. The third-order valence-corrected chi connectivity index (χ3v) is 5.41. The van der Waals surface area contributed by atoms with Crippen LogP contribution in [0.1, 0.15) is 5.56 Å². The number of hydrogen-bond acceptors (Lipinski definition) is 4. The Kier molecular flexibility index (Phi) is 4.79. The van der Waals surface area contributed by atoms with Gasteiger partial charge in [-0.2, -0.15) is 0 Å². The molecule has 0 aliphatic heterocycles. The van der Waals surface area contributed by atoms with Crippen LogP contribution in [0.4, 0.5) is 0 Å². The van der Waals surface area contributed by atoms with Crippen molar-refractivity contribution in [3.05, 3.63) is 68.2 Å². The fourth-order valence-corrected chi connectivity index (χ4v) is 3.54. The van der Waals surface area contributed by atoms with Gasteiger partial charge in [-0.25, -0.2) is 13.6 Å². The van der Waals surface area contributed by atoms with Gasteiger partial charge < -0.3 is 4.98 Å². The van der Waals surface area contributed by atoms with Crippen molar-refractivity contribution in [1.82, 2.24) is 9.55 Å². The first kappa shape index (κ1) is 17.8. The molecule has 0 atom stereocenters. The Morgan fingerprint density at radius 2 is 1.84 bits per heavy atom. The van der Waals surface area contributed by atoms with Crippen molar-refractivity contribution in [2.24, 2.45) is 5.14 Å². The van der Waals surface area contributed by atoms with Gasteiger partial charge in [-0.1, -0.05) is 29.8 Å². The number of nitrogens with two attached hydrogens (primary N) is 1. The largest absolute Gasteiger partial charge is 0.330 e. The second-order valence-electron chi connectivity index (χ2n) is 5.49. The summed E-state index contributed by atoms with van der Waals surface area (Å²) in [4.78, 5) is 15.7. The molecule has 3 rings (SSSR count). The lowest BCUT2D eigenvalue weighted by Gasteiger charge is -2.09. The monoisotopic (exact) mass is 395 g/mol. The molecule has 0 saturated carbocycles. The Morgan fingerprint density at radius 3 is 2.48 bits per heavy atom. The maximum Gasteiger partial charge on any atom is 0.262 e. The molecule has 2 aromatic carbocycles. The number of rotatable bonds is 4. The number of nitrogens with one attached hydrogen (secondary N) is 1. The average molecular weight is 396 g/mol. The summed E-state index contributed by atoms with van der Waals surface area (Å²) in [5.41, 5.74) is 1.16. The Bertz CT molecular complexity index is 1170. The van der Waals surface area contributed by atoms with E-state index in [9.17, 15) is 13.2 Å². The van der Waals surface area contributed by atoms with Crippen LogP contribution in [0.15, 0.2) is 52.2 Å². The number of aromatic amines is 1. The molecule has 25 heavy (non-hydrogen) atoms. The summed E-state index contributed by atoms with van der Waals surface area (Å²) in [6.45, 7) is 0.353. The molecule has 0 bridgehead atoms. The highest BCUT2D eigenvalue weighted by atomic mass is 35.5. The fourth-order valence-electron chi connectivity index (χ4n) is 2.53. The van der Waals surface area contributed by atoms with E-state index >= 15 is 0 Å². The third-order valence-electron chi connectivity index (χ3n) is 3.84. The molecule has 0 fully saturated rings. The molecule has 130 valence electrons. The van der Waals surface area contributed by atoms with Crippen LogP contribution in [0.25, 0.3) is 10.9 Å². The van der Waals surface area contributed by atoms with E-state index in [0.717, 1.165) is 5.56 Å². The number of aryl methyl sites for hydroxylation is 1. The Labute approximate surface area is 153 Å². The first-order valence-corrected chi connectivity index (χ1v) is 9.64. The highest BCUT2D eigenvalue weighted by molar-refractivity contribution is 7.89. The highest BCUT2D eigenvalue weighted by Gasteiger charge is 2.09. The molecular formula is C16H14ClN3O3S2. The maximum atomic E-state index is 12.6. The zero-order valence-electron chi connectivity index (χ0n) is 12.9. The van der Waals surface area contributed by atoms with Crippen molar-refractivity contribution in [3.8, 4) is 0 Å². The molecule has 3 N–H and O–H groups in total. The number of sulfonamides is 1. The van der Waals surface area contributed by atoms with Crippen molar-refractivity contribution >= 4 is 44.7 Å². The normalized spacial score (nSPS) is 11.8. The van der Waals surface area contributed by atoms with Gasteiger partial charge in [0.2, 0.25) is 10.0 Å². The molecule has 1 heterocycles. The van der Waals surface area contributed by atoms with Gasteiger partial charge in [-0.15, -0.1) is 0 Å². The van der Waals surface area contributed by atoms with Crippen LogP contribution < -0.4 is 10.7 Å². The van der Waals surface area contributed by atoms with E-state index < -0.39 is 10.0 Å². The van der Waals surface area contributed by atoms with E-state index in [4.69, 9.17) is 29.0 Å². The lowest BCUT2D eigenvalue weighted by molar-refractivity contribution is 0.597. The molecule has 0 radical (unpaired) electrons. The van der Waals surface area contributed by atoms with Gasteiger partial charge in [-0.3, -0.25) is 9.36 Å². The smallest absolute Gasteiger partial charge is 0.262 e. The van der Waals surface area contributed by atoms with E-state index in [1.807, 2.05) is 0 Å². The Hall–Kier alpha value is -2.00. The number of nitrogens with zero attached hydrogens (tertiary/aromatic N) is 1. The number of benzene rings is 2. The summed E-state index contributed by atoms with van der Waals surface area (Å²) < 4.78 is 24.3. The number of para-hydroxylation sites is 1. The zero-order chi connectivity index (χ0) is 18.2. The van der Waals surface area contributed by atoms with E-state index in [-0.39, 0.29) is 15.2 Å². The predicted molar refractivity (Wildman–Crippen MR) is 99.9 cm³/mol. The molecule has 3 aromatic rings. The molecule has 0 unspecified atom stereocenters. The number of fused-ring (bicyclic) bond motifs is 1. The van der Waals surface area contributed by atoms with Gasteiger partial charge in [-0.05, 0) is 48.5 Å². The third kappa shape index (κ3) is 3.67. The summed E-state index contributed by atoms with van der Waals surface area (Å²) >= 11 is 11.4. The highest BCUT2D eigenvalue weighted by Crippen LogP contribution is 2.18. The van der Waals surface area contributed by atoms with Gasteiger partial charge in [0.25, 0.3) is 5.56 Å². The van der Waals surface area contributed by atoms with Crippen LogP contribution in [0, 0.1) is 4.77 Å². The number of aromatic nitrogens is 2. The molecule has 0 aliphatic carbocycles. The van der Waals surface area contributed by atoms with Crippen molar-refractivity contribution in [2.75, 3.05) is 0 Å². The van der Waals surface area contributed by atoms with Gasteiger partial charge in [0, 0.05) is 6.54 Å². The van der Waals surface area contributed by atoms with E-state index in [1.54, 1.807) is 30.3 Å². The van der Waals surface area contributed by atoms with Crippen LogP contribution >= 0.6 is 23.8 Å². The molecule has 0 aliphatic rings. The topological polar surface area (TPSA) is 97.9 Å².